The zero-order valence-electron chi connectivity index (χ0n) is 9.56. The highest BCUT2D eigenvalue weighted by Gasteiger charge is 2.28. The molecule has 17 heavy (non-hydrogen) atoms. The Hall–Kier alpha value is -1.63. The molecule has 1 heterocycles. The molecule has 1 amide bonds. The van der Waals surface area contributed by atoms with Crippen molar-refractivity contribution in [3.05, 3.63) is 0 Å². The van der Waals surface area contributed by atoms with Crippen LogP contribution in [0.1, 0.15) is 12.8 Å². The topological polar surface area (TPSA) is 105 Å². The zero-order valence-corrected chi connectivity index (χ0v) is 9.56. The van der Waals surface area contributed by atoms with E-state index in [-0.39, 0.29) is 18.2 Å². The zero-order chi connectivity index (χ0) is 12.8. The molecule has 1 aliphatic heterocycles. The van der Waals surface area contributed by atoms with Crippen molar-refractivity contribution in [3.63, 3.8) is 0 Å². The number of aliphatic carboxylic acids is 1. The minimum Gasteiger partial charge on any atom is -0.480 e. The smallest absolute Gasteiger partial charge is 0.326 e. The summed E-state index contributed by atoms with van der Waals surface area (Å²) < 4.78 is 4.37. The summed E-state index contributed by atoms with van der Waals surface area (Å²) in [5, 5.41) is 14.2. The summed E-state index contributed by atoms with van der Waals surface area (Å²) in [4.78, 5) is 33.5. The molecular weight excluding hydrogens is 228 g/mol. The van der Waals surface area contributed by atoms with Crippen LogP contribution in [0.5, 0.6) is 0 Å². The molecule has 96 valence electrons. The molecule has 0 saturated carbocycles. The van der Waals surface area contributed by atoms with E-state index in [9.17, 15) is 14.4 Å². The van der Waals surface area contributed by atoms with Gasteiger partial charge >= 0.3 is 11.9 Å². The number of carboxylic acid groups (broad SMARTS) is 1. The molecule has 7 nitrogen and oxygen atoms in total. The quantitative estimate of drug-likeness (QED) is 0.521. The third-order valence-electron chi connectivity index (χ3n) is 2.64. The summed E-state index contributed by atoms with van der Waals surface area (Å²) in [5.74, 6) is -2.47. The van der Waals surface area contributed by atoms with Gasteiger partial charge in [0.2, 0.25) is 5.91 Å². The fourth-order valence-electron chi connectivity index (χ4n) is 1.62. The van der Waals surface area contributed by atoms with E-state index in [1.807, 2.05) is 0 Å². The molecule has 0 bridgehead atoms. The second-order valence-corrected chi connectivity index (χ2v) is 3.87. The van der Waals surface area contributed by atoms with Crippen LogP contribution >= 0.6 is 0 Å². The Kier molecular flexibility index (Phi) is 4.89. The third-order valence-corrected chi connectivity index (χ3v) is 2.64. The van der Waals surface area contributed by atoms with E-state index in [0.29, 0.717) is 13.0 Å². The lowest BCUT2D eigenvalue weighted by Gasteiger charge is -2.15. The average Bonchev–Trinajstić information content (AvgIpc) is 2.81. The standard InChI is InChI=1S/C10H16N2O5/c1-17-8(13)4-7(10(15)16)12-9(14)6-2-3-11-5-6/h6-7,11H,2-5H2,1H3,(H,12,14)(H,15,16)/t6?,7-/m0/s1. The normalized spacial score (nSPS) is 20.6. The number of hydrogen-bond donors (Lipinski definition) is 3. The first-order valence-corrected chi connectivity index (χ1v) is 5.35. The average molecular weight is 244 g/mol. The van der Waals surface area contributed by atoms with Crippen molar-refractivity contribution in [2.24, 2.45) is 5.92 Å². The van der Waals surface area contributed by atoms with E-state index < -0.39 is 18.0 Å². The molecular formula is C10H16N2O5. The molecule has 3 N–H and O–H groups in total. The maximum Gasteiger partial charge on any atom is 0.326 e. The summed E-state index contributed by atoms with van der Waals surface area (Å²) in [6.07, 6.45) is 0.314. The Labute approximate surface area is 98.5 Å². The largest absolute Gasteiger partial charge is 0.480 e. The molecule has 1 saturated heterocycles. The van der Waals surface area contributed by atoms with Gasteiger partial charge in [-0.3, -0.25) is 9.59 Å². The maximum absolute atomic E-state index is 11.7. The highest BCUT2D eigenvalue weighted by atomic mass is 16.5. The number of carbonyl (C=O) groups excluding carboxylic acids is 2. The Morgan fingerprint density at radius 2 is 2.24 bits per heavy atom. The van der Waals surface area contributed by atoms with Crippen LogP contribution < -0.4 is 10.6 Å². The van der Waals surface area contributed by atoms with Crippen molar-refractivity contribution in [1.82, 2.24) is 10.6 Å². The lowest BCUT2D eigenvalue weighted by molar-refractivity contribution is -0.149. The van der Waals surface area contributed by atoms with Crippen molar-refractivity contribution in [2.45, 2.75) is 18.9 Å². The van der Waals surface area contributed by atoms with Gasteiger partial charge in [0.25, 0.3) is 0 Å². The van der Waals surface area contributed by atoms with Gasteiger partial charge in [0.15, 0.2) is 0 Å². The van der Waals surface area contributed by atoms with Crippen molar-refractivity contribution in [1.29, 1.82) is 0 Å². The van der Waals surface area contributed by atoms with E-state index >= 15 is 0 Å². The predicted octanol–water partition coefficient (Wildman–Crippen LogP) is -1.27. The van der Waals surface area contributed by atoms with Crippen LogP contribution in [0, 0.1) is 5.92 Å². The van der Waals surface area contributed by atoms with Gasteiger partial charge in [-0.25, -0.2) is 4.79 Å². The number of carbonyl (C=O) groups is 3. The fourth-order valence-corrected chi connectivity index (χ4v) is 1.62. The molecule has 0 aliphatic carbocycles. The minimum absolute atomic E-state index is 0.227. The van der Waals surface area contributed by atoms with Crippen LogP contribution in [0.2, 0.25) is 0 Å². The Bertz CT molecular complexity index is 312. The van der Waals surface area contributed by atoms with Crippen LogP contribution in [-0.2, 0) is 19.1 Å². The molecule has 0 aromatic carbocycles. The number of amides is 1. The molecule has 0 radical (unpaired) electrons. The second-order valence-electron chi connectivity index (χ2n) is 3.87. The Balaban J connectivity index is 2.50. The molecule has 2 atom stereocenters. The predicted molar refractivity (Wildman–Crippen MR) is 57.2 cm³/mol. The first-order chi connectivity index (χ1) is 8.04. The summed E-state index contributed by atoms with van der Waals surface area (Å²) in [6, 6.07) is -1.23. The maximum atomic E-state index is 11.7. The summed E-state index contributed by atoms with van der Waals surface area (Å²) >= 11 is 0. The van der Waals surface area contributed by atoms with Gasteiger partial charge in [-0.1, -0.05) is 0 Å². The molecule has 1 aliphatic rings. The number of carboxylic acids is 1. The van der Waals surface area contributed by atoms with Gasteiger partial charge < -0.3 is 20.5 Å². The monoisotopic (exact) mass is 244 g/mol. The van der Waals surface area contributed by atoms with Gasteiger partial charge in [-0.2, -0.15) is 0 Å². The van der Waals surface area contributed by atoms with E-state index in [4.69, 9.17) is 5.11 Å². The molecule has 0 aromatic heterocycles. The lowest BCUT2D eigenvalue weighted by Crippen LogP contribution is -2.45. The number of nitrogens with one attached hydrogen (secondary N) is 2. The fraction of sp³-hybridized carbons (Fsp3) is 0.700. The molecule has 0 aromatic rings. The summed E-state index contributed by atoms with van der Waals surface area (Å²) in [5.41, 5.74) is 0. The van der Waals surface area contributed by atoms with Crippen LogP contribution in [0.25, 0.3) is 0 Å². The first kappa shape index (κ1) is 13.4. The van der Waals surface area contributed by atoms with E-state index in [2.05, 4.69) is 15.4 Å². The Morgan fingerprint density at radius 1 is 1.53 bits per heavy atom. The van der Waals surface area contributed by atoms with Gasteiger partial charge in [-0.15, -0.1) is 0 Å². The van der Waals surface area contributed by atoms with Crippen molar-refractivity contribution < 1.29 is 24.2 Å². The summed E-state index contributed by atoms with van der Waals surface area (Å²) in [7, 11) is 1.17. The van der Waals surface area contributed by atoms with E-state index in [0.717, 1.165) is 6.54 Å². The Morgan fingerprint density at radius 3 is 2.71 bits per heavy atom. The first-order valence-electron chi connectivity index (χ1n) is 5.35. The van der Waals surface area contributed by atoms with Crippen LogP contribution in [0.4, 0.5) is 0 Å². The number of hydrogen-bond acceptors (Lipinski definition) is 5. The van der Waals surface area contributed by atoms with Crippen LogP contribution in [0.15, 0.2) is 0 Å². The van der Waals surface area contributed by atoms with Gasteiger partial charge in [0.05, 0.1) is 19.4 Å². The van der Waals surface area contributed by atoms with Gasteiger partial charge in [0.1, 0.15) is 6.04 Å². The number of esters is 1. The van der Waals surface area contributed by atoms with Crippen molar-refractivity contribution in [2.75, 3.05) is 20.2 Å². The molecule has 1 rings (SSSR count). The lowest BCUT2D eigenvalue weighted by atomic mass is 10.1. The van der Waals surface area contributed by atoms with Crippen molar-refractivity contribution in [3.8, 4) is 0 Å². The highest BCUT2D eigenvalue weighted by molar-refractivity contribution is 5.88. The minimum atomic E-state index is -1.24. The second kappa shape index (κ2) is 6.19. The number of rotatable bonds is 5. The molecule has 1 fully saturated rings. The summed E-state index contributed by atoms with van der Waals surface area (Å²) in [6.45, 7) is 1.28. The van der Waals surface area contributed by atoms with Crippen LogP contribution in [0.3, 0.4) is 0 Å². The molecule has 0 spiro atoms. The van der Waals surface area contributed by atoms with Crippen molar-refractivity contribution >= 4 is 17.8 Å². The molecule has 7 heteroatoms. The SMILES string of the molecule is COC(=O)C[C@H](NC(=O)C1CCNC1)C(=O)O. The van der Waals surface area contributed by atoms with Crippen LogP contribution in [-0.4, -0.2) is 49.2 Å². The third kappa shape index (κ3) is 4.03. The number of ether oxygens (including phenoxy) is 1. The highest BCUT2D eigenvalue weighted by Crippen LogP contribution is 2.08. The molecule has 1 unspecified atom stereocenters. The van der Waals surface area contributed by atoms with Gasteiger partial charge in [0, 0.05) is 6.54 Å². The van der Waals surface area contributed by atoms with Gasteiger partial charge in [-0.05, 0) is 13.0 Å². The van der Waals surface area contributed by atoms with E-state index in [1.54, 1.807) is 0 Å². The number of methoxy groups -OCH3 is 1. The van der Waals surface area contributed by atoms with E-state index in [1.165, 1.54) is 7.11 Å².